The number of methoxy groups -OCH3 is 1. The molecule has 0 saturated heterocycles. The number of hydrogen-bond donors (Lipinski definition) is 0. The molecular formula is C12H18ClNO2S. The SMILES string of the molecule is [2H]C([2H])([2H])OCC(C)N(C(=O)CCl)c1c(C)csc1C. The van der Waals surface area contributed by atoms with Crippen LogP contribution in [0.5, 0.6) is 0 Å². The van der Waals surface area contributed by atoms with Gasteiger partial charge in [0.05, 0.1) is 22.4 Å². The molecule has 1 aromatic rings. The van der Waals surface area contributed by atoms with Crippen molar-refractivity contribution in [1.29, 1.82) is 0 Å². The first-order valence-electron chi connectivity index (χ1n) is 6.74. The van der Waals surface area contributed by atoms with Crippen molar-refractivity contribution in [2.24, 2.45) is 0 Å². The van der Waals surface area contributed by atoms with Gasteiger partial charge in [-0.25, -0.2) is 0 Å². The number of alkyl halides is 1. The van der Waals surface area contributed by atoms with Gasteiger partial charge in [0.15, 0.2) is 0 Å². The Bertz CT molecular complexity index is 456. The molecule has 0 aromatic carbocycles. The third-order valence-electron chi connectivity index (χ3n) is 2.51. The van der Waals surface area contributed by atoms with Gasteiger partial charge in [0.25, 0.3) is 0 Å². The second-order valence-corrected chi connectivity index (χ2v) is 5.23. The summed E-state index contributed by atoms with van der Waals surface area (Å²) in [5.74, 6) is -0.426. The van der Waals surface area contributed by atoms with E-state index in [9.17, 15) is 4.79 Å². The van der Waals surface area contributed by atoms with Crippen molar-refractivity contribution in [3.63, 3.8) is 0 Å². The Kier molecular flexibility index (Phi) is 3.88. The van der Waals surface area contributed by atoms with Crippen molar-refractivity contribution < 1.29 is 13.6 Å². The fourth-order valence-electron chi connectivity index (χ4n) is 1.78. The van der Waals surface area contributed by atoms with Gasteiger partial charge in [-0.05, 0) is 31.7 Å². The lowest BCUT2D eigenvalue weighted by Crippen LogP contribution is -2.42. The van der Waals surface area contributed by atoms with Crippen LogP contribution in [0.25, 0.3) is 0 Å². The van der Waals surface area contributed by atoms with Gasteiger partial charge in [-0.3, -0.25) is 4.79 Å². The van der Waals surface area contributed by atoms with Crippen molar-refractivity contribution in [1.82, 2.24) is 0 Å². The highest BCUT2D eigenvalue weighted by molar-refractivity contribution is 7.10. The summed E-state index contributed by atoms with van der Waals surface area (Å²) in [6.07, 6.45) is 0. The number of halogens is 1. The second-order valence-electron chi connectivity index (χ2n) is 3.88. The Morgan fingerprint density at radius 2 is 2.41 bits per heavy atom. The van der Waals surface area contributed by atoms with Gasteiger partial charge in [-0.15, -0.1) is 22.9 Å². The van der Waals surface area contributed by atoms with Gasteiger partial charge < -0.3 is 9.64 Å². The Morgan fingerprint density at radius 1 is 1.71 bits per heavy atom. The molecule has 1 amide bonds. The largest absolute Gasteiger partial charge is 0.383 e. The van der Waals surface area contributed by atoms with Crippen LogP contribution in [-0.4, -0.2) is 31.5 Å². The van der Waals surface area contributed by atoms with E-state index in [1.165, 1.54) is 16.2 Å². The quantitative estimate of drug-likeness (QED) is 0.775. The topological polar surface area (TPSA) is 29.5 Å². The maximum Gasteiger partial charge on any atom is 0.242 e. The van der Waals surface area contributed by atoms with Crippen LogP contribution >= 0.6 is 22.9 Å². The van der Waals surface area contributed by atoms with Crippen LogP contribution in [0.4, 0.5) is 5.69 Å². The number of amides is 1. The molecular weight excluding hydrogens is 258 g/mol. The number of rotatable bonds is 5. The molecule has 1 atom stereocenters. The third-order valence-corrected chi connectivity index (χ3v) is 3.76. The van der Waals surface area contributed by atoms with Gasteiger partial charge >= 0.3 is 0 Å². The van der Waals surface area contributed by atoms with E-state index in [1.54, 1.807) is 6.92 Å². The summed E-state index contributed by atoms with van der Waals surface area (Å²) < 4.78 is 26.0. The maximum atomic E-state index is 12.1. The standard InChI is InChI=1S/C12H18ClNO2S/c1-8-7-17-10(3)12(8)14(11(15)5-13)9(2)6-16-4/h7,9H,5-6H2,1-4H3/i4D3. The number of ether oxygens (including phenoxy) is 1. The molecule has 1 heterocycles. The molecule has 0 saturated carbocycles. The molecule has 0 aliphatic carbocycles. The van der Waals surface area contributed by atoms with E-state index in [0.29, 0.717) is 0 Å². The Labute approximate surface area is 116 Å². The molecule has 5 heteroatoms. The van der Waals surface area contributed by atoms with Crippen LogP contribution in [0.15, 0.2) is 5.38 Å². The van der Waals surface area contributed by atoms with E-state index in [0.717, 1.165) is 16.1 Å². The average Bonchev–Trinajstić information content (AvgIpc) is 2.67. The average molecular weight is 279 g/mol. The molecule has 0 aliphatic rings. The Balaban J connectivity index is 2.99. The first-order chi connectivity index (χ1) is 9.17. The number of carbonyl (C=O) groups is 1. The summed E-state index contributed by atoms with van der Waals surface area (Å²) in [6.45, 7) is 5.49. The molecule has 1 unspecified atom stereocenters. The van der Waals surface area contributed by atoms with Crippen molar-refractivity contribution in [3.8, 4) is 0 Å². The number of aryl methyl sites for hydroxylation is 2. The number of nitrogens with zero attached hydrogens (tertiary/aromatic N) is 1. The normalized spacial score (nSPS) is 15.9. The van der Waals surface area contributed by atoms with Gasteiger partial charge in [0.2, 0.25) is 5.91 Å². The second kappa shape index (κ2) is 6.38. The lowest BCUT2D eigenvalue weighted by Gasteiger charge is -2.29. The molecule has 0 bridgehead atoms. The molecule has 1 aromatic heterocycles. The lowest BCUT2D eigenvalue weighted by molar-refractivity contribution is -0.116. The monoisotopic (exact) mass is 278 g/mol. The fraction of sp³-hybridized carbons (Fsp3) is 0.583. The van der Waals surface area contributed by atoms with E-state index in [1.807, 2.05) is 19.2 Å². The minimum absolute atomic E-state index is 0.0755. The summed E-state index contributed by atoms with van der Waals surface area (Å²) in [5.41, 5.74) is 1.76. The zero-order valence-electron chi connectivity index (χ0n) is 13.1. The number of anilines is 1. The van der Waals surface area contributed by atoms with E-state index in [4.69, 9.17) is 20.5 Å². The van der Waals surface area contributed by atoms with E-state index < -0.39 is 13.1 Å². The zero-order valence-corrected chi connectivity index (χ0v) is 11.7. The summed E-state index contributed by atoms with van der Waals surface area (Å²) in [7, 11) is -2.47. The summed E-state index contributed by atoms with van der Waals surface area (Å²) >= 11 is 7.20. The highest BCUT2D eigenvalue weighted by Gasteiger charge is 2.24. The predicted octanol–water partition coefficient (Wildman–Crippen LogP) is 2.97. The minimum Gasteiger partial charge on any atom is -0.383 e. The zero-order chi connectivity index (χ0) is 15.5. The van der Waals surface area contributed by atoms with E-state index in [2.05, 4.69) is 0 Å². The molecule has 0 N–H and O–H groups in total. The highest BCUT2D eigenvalue weighted by atomic mass is 35.5. The minimum atomic E-state index is -2.47. The fourth-order valence-corrected chi connectivity index (χ4v) is 2.74. The number of hydrogen-bond acceptors (Lipinski definition) is 3. The van der Waals surface area contributed by atoms with Crippen molar-refractivity contribution in [2.45, 2.75) is 26.8 Å². The predicted molar refractivity (Wildman–Crippen MR) is 73.3 cm³/mol. The van der Waals surface area contributed by atoms with Gasteiger partial charge in [0.1, 0.15) is 5.88 Å². The third kappa shape index (κ3) is 3.21. The van der Waals surface area contributed by atoms with Crippen LogP contribution in [0, 0.1) is 13.8 Å². The molecule has 1 rings (SSSR count). The summed E-state index contributed by atoms with van der Waals surface area (Å²) in [4.78, 5) is 14.6. The molecule has 96 valence electrons. The van der Waals surface area contributed by atoms with Crippen molar-refractivity contribution >= 4 is 34.5 Å². The van der Waals surface area contributed by atoms with Crippen LogP contribution < -0.4 is 4.90 Å². The van der Waals surface area contributed by atoms with Crippen LogP contribution in [-0.2, 0) is 9.53 Å². The Hall–Kier alpha value is -0.580. The van der Waals surface area contributed by atoms with Gasteiger partial charge in [-0.1, -0.05) is 0 Å². The smallest absolute Gasteiger partial charge is 0.242 e. The first kappa shape index (κ1) is 10.4. The molecule has 0 radical (unpaired) electrons. The van der Waals surface area contributed by atoms with E-state index >= 15 is 0 Å². The van der Waals surface area contributed by atoms with E-state index in [-0.39, 0.29) is 18.4 Å². The summed E-state index contributed by atoms with van der Waals surface area (Å²) in [6, 6.07) is -0.409. The Morgan fingerprint density at radius 3 is 2.88 bits per heavy atom. The number of thiophene rings is 1. The molecule has 0 fully saturated rings. The van der Waals surface area contributed by atoms with Crippen LogP contribution in [0.2, 0.25) is 0 Å². The van der Waals surface area contributed by atoms with Gasteiger partial charge in [0, 0.05) is 11.9 Å². The van der Waals surface area contributed by atoms with Gasteiger partial charge in [-0.2, -0.15) is 0 Å². The highest BCUT2D eigenvalue weighted by Crippen LogP contribution is 2.32. The molecule has 17 heavy (non-hydrogen) atoms. The maximum absolute atomic E-state index is 12.1. The van der Waals surface area contributed by atoms with Crippen molar-refractivity contribution in [2.75, 3.05) is 24.4 Å². The molecule has 3 nitrogen and oxygen atoms in total. The van der Waals surface area contributed by atoms with Crippen molar-refractivity contribution in [3.05, 3.63) is 15.8 Å². The lowest BCUT2D eigenvalue weighted by atomic mass is 10.2. The summed E-state index contributed by atoms with van der Waals surface area (Å²) in [5, 5.41) is 1.95. The van der Waals surface area contributed by atoms with Crippen LogP contribution in [0.3, 0.4) is 0 Å². The number of carbonyl (C=O) groups excluding carboxylic acids is 1. The van der Waals surface area contributed by atoms with Crippen LogP contribution in [0.1, 0.15) is 21.5 Å². The molecule has 0 spiro atoms. The first-order valence-corrected chi connectivity index (χ1v) is 6.65. The molecule has 0 aliphatic heterocycles.